The van der Waals surface area contributed by atoms with E-state index in [1.807, 2.05) is 50.2 Å². The third-order valence-electron chi connectivity index (χ3n) is 8.95. The van der Waals surface area contributed by atoms with Gasteiger partial charge in [-0.3, -0.25) is 0 Å². The zero-order chi connectivity index (χ0) is 35.6. The summed E-state index contributed by atoms with van der Waals surface area (Å²) in [6, 6.07) is 53.0. The van der Waals surface area contributed by atoms with Crippen molar-refractivity contribution in [2.45, 2.75) is 37.0 Å². The van der Waals surface area contributed by atoms with Gasteiger partial charge in [0.2, 0.25) is 0 Å². The summed E-state index contributed by atoms with van der Waals surface area (Å²) in [6.45, 7) is 3.81. The molecule has 1 radical (unpaired) electrons. The second-order valence-electron chi connectivity index (χ2n) is 13.7. The van der Waals surface area contributed by atoms with E-state index in [2.05, 4.69) is 143 Å². The van der Waals surface area contributed by atoms with E-state index >= 15 is 0 Å². The second kappa shape index (κ2) is 16.0. The zero-order valence-electron chi connectivity index (χ0n) is 30.5. The summed E-state index contributed by atoms with van der Waals surface area (Å²) >= 11 is -0.00805. The van der Waals surface area contributed by atoms with Gasteiger partial charge in [0, 0.05) is 32.4 Å². The first-order valence-corrected chi connectivity index (χ1v) is 25.1. The molecule has 0 amide bonds. The summed E-state index contributed by atoms with van der Waals surface area (Å²) in [6.07, 6.45) is 3.85. The molecule has 5 heteroatoms. The van der Waals surface area contributed by atoms with Crippen LogP contribution in [-0.4, -0.2) is 23.2 Å². The minimum absolute atomic E-state index is 0. The maximum Gasteiger partial charge on any atom is 0 e. The molecule has 0 aliphatic rings. The van der Waals surface area contributed by atoms with Crippen LogP contribution in [0.1, 0.15) is 26.7 Å². The van der Waals surface area contributed by atoms with Crippen molar-refractivity contribution in [3.05, 3.63) is 164 Å². The summed E-state index contributed by atoms with van der Waals surface area (Å²) in [5, 5.41) is 2.49. The van der Waals surface area contributed by atoms with Crippen LogP contribution >= 0.6 is 11.3 Å². The topological polar surface area (TPSA) is 25.8 Å². The fourth-order valence-corrected chi connectivity index (χ4v) is 9.40. The number of fused-ring (bicyclic) bond motifs is 3. The third kappa shape index (κ3) is 8.32. The van der Waals surface area contributed by atoms with E-state index in [9.17, 15) is 0 Å². The van der Waals surface area contributed by atoms with E-state index in [0.717, 1.165) is 28.1 Å². The average Bonchev–Trinajstić information content (AvgIpc) is 3.54. The summed E-state index contributed by atoms with van der Waals surface area (Å²) in [5.74, 6) is 6.51. The first kappa shape index (κ1) is 35.2. The van der Waals surface area contributed by atoms with Crippen molar-refractivity contribution in [2.75, 3.05) is 0 Å². The standard InChI is InChI=1S/C26H20NS.C20H20GeN.Ir/c1-17(2)19-13-14-27-24(16-19)22-10-6-9-21-23-15-20(18-7-4-3-5-8-18)11-12-25(23)28-26(21)22;1-21(2,3)19-12-13-20(22-15-19)18-11-7-10-17(14-18)16-8-5-4-6-9-16;/h3-9,11-17H,1-2H3;4-10,12-15H,1-3H3;/q2*-1;/i17D;;. The van der Waals surface area contributed by atoms with Gasteiger partial charge in [-0.05, 0) is 51.0 Å². The van der Waals surface area contributed by atoms with E-state index < -0.39 is 19.2 Å². The Hall–Kier alpha value is -4.19. The summed E-state index contributed by atoms with van der Waals surface area (Å²) in [7, 11) is 0. The fraction of sp³-hybridized carbons (Fsp3) is 0.130. The van der Waals surface area contributed by atoms with Gasteiger partial charge in [-0.1, -0.05) is 67.3 Å². The van der Waals surface area contributed by atoms with Crippen molar-refractivity contribution >= 4 is 49.2 Å². The number of nitrogens with zero attached hydrogens (tertiary/aromatic N) is 2. The van der Waals surface area contributed by atoms with Gasteiger partial charge in [0.15, 0.2) is 0 Å². The zero-order valence-corrected chi connectivity index (χ0v) is 34.8. The SMILES string of the molecule is [2H]C(C)(C)c1ccnc(-c2[c-]ccc3c2sc2ccc(-c4ccccc4)cc23)c1.[CH3][Ge]([CH3])([CH3])[c]1ccc(-c2[c-]ccc(-c3ccccc3)c2)nc1.[Ir]. The van der Waals surface area contributed by atoms with Gasteiger partial charge in [-0.25, -0.2) is 0 Å². The van der Waals surface area contributed by atoms with Gasteiger partial charge in [0.25, 0.3) is 0 Å². The van der Waals surface area contributed by atoms with Crippen molar-refractivity contribution in [2.24, 2.45) is 0 Å². The van der Waals surface area contributed by atoms with Crippen LogP contribution in [0.15, 0.2) is 146 Å². The van der Waals surface area contributed by atoms with Crippen molar-refractivity contribution in [3.63, 3.8) is 0 Å². The maximum absolute atomic E-state index is 8.35. The third-order valence-corrected chi connectivity index (χ3v) is 14.4. The molecule has 8 rings (SSSR count). The molecule has 5 aromatic carbocycles. The fourth-order valence-electron chi connectivity index (χ4n) is 6.04. The van der Waals surface area contributed by atoms with Crippen molar-refractivity contribution in [1.29, 1.82) is 0 Å². The molecule has 0 aliphatic carbocycles. The number of thiophene rings is 1. The number of hydrogen-bond acceptors (Lipinski definition) is 3. The Morgan fingerprint density at radius 3 is 1.98 bits per heavy atom. The van der Waals surface area contributed by atoms with E-state index in [-0.39, 0.29) is 20.1 Å². The molecular weight excluding hydrogens is 877 g/mol. The Morgan fingerprint density at radius 2 is 1.33 bits per heavy atom. The van der Waals surface area contributed by atoms with Gasteiger partial charge >= 0.3 is 135 Å². The number of aromatic nitrogens is 2. The predicted molar refractivity (Wildman–Crippen MR) is 218 cm³/mol. The molecule has 0 bridgehead atoms. The van der Waals surface area contributed by atoms with E-state index in [1.54, 1.807) is 17.5 Å². The van der Waals surface area contributed by atoms with Crippen LogP contribution in [0.3, 0.4) is 0 Å². The Kier molecular flexibility index (Phi) is 11.1. The predicted octanol–water partition coefficient (Wildman–Crippen LogP) is 12.5. The number of rotatable bonds is 6. The normalized spacial score (nSPS) is 11.7. The van der Waals surface area contributed by atoms with Crippen LogP contribution in [0.2, 0.25) is 17.3 Å². The summed E-state index contributed by atoms with van der Waals surface area (Å²) in [5.41, 5.74) is 9.77. The number of pyridine rings is 2. The van der Waals surface area contributed by atoms with Crippen LogP contribution in [-0.2, 0) is 20.1 Å². The second-order valence-corrected chi connectivity index (χ2v) is 25.4. The number of benzene rings is 5. The molecular formula is C46H40GeIrN2S-2. The first-order chi connectivity index (χ1) is 24.5. The molecule has 51 heavy (non-hydrogen) atoms. The van der Waals surface area contributed by atoms with Crippen LogP contribution < -0.4 is 4.40 Å². The maximum atomic E-state index is 8.35. The minimum Gasteiger partial charge on any atom is 0 e. The van der Waals surface area contributed by atoms with Crippen LogP contribution in [0.25, 0.3) is 64.9 Å². The molecule has 0 fully saturated rings. The number of hydrogen-bond donors (Lipinski definition) is 0. The molecule has 2 nitrogen and oxygen atoms in total. The quantitative estimate of drug-likeness (QED) is 0.123. The largest absolute Gasteiger partial charge is 0 e. The van der Waals surface area contributed by atoms with Gasteiger partial charge in [-0.2, -0.15) is 11.3 Å². The molecule has 0 unspecified atom stereocenters. The molecule has 3 heterocycles. The first-order valence-electron chi connectivity index (χ1n) is 17.5. The Balaban J connectivity index is 0.000000182. The Labute approximate surface area is 323 Å². The monoisotopic (exact) mass is 920 g/mol. The summed E-state index contributed by atoms with van der Waals surface area (Å²) in [4.78, 5) is 9.27. The van der Waals surface area contributed by atoms with Gasteiger partial charge < -0.3 is 4.98 Å². The Morgan fingerprint density at radius 1 is 0.647 bits per heavy atom. The van der Waals surface area contributed by atoms with Gasteiger partial charge in [-0.15, -0.1) is 23.8 Å². The van der Waals surface area contributed by atoms with Crippen molar-refractivity contribution in [3.8, 4) is 44.8 Å². The van der Waals surface area contributed by atoms with Crippen molar-refractivity contribution in [1.82, 2.24) is 9.97 Å². The molecule has 0 N–H and O–H groups in total. The minimum atomic E-state index is -1.79. The van der Waals surface area contributed by atoms with Gasteiger partial charge in [0.1, 0.15) is 0 Å². The molecule has 8 aromatic rings. The van der Waals surface area contributed by atoms with Crippen LogP contribution in [0, 0.1) is 12.1 Å². The molecule has 0 spiro atoms. The molecule has 0 saturated carbocycles. The van der Waals surface area contributed by atoms with E-state index in [4.69, 9.17) is 1.37 Å². The van der Waals surface area contributed by atoms with Gasteiger partial charge in [0.05, 0.1) is 0 Å². The van der Waals surface area contributed by atoms with Crippen LogP contribution in [0.5, 0.6) is 0 Å². The smallest absolute Gasteiger partial charge is 0 e. The van der Waals surface area contributed by atoms with E-state index in [1.165, 1.54) is 46.8 Å². The van der Waals surface area contributed by atoms with Crippen LogP contribution in [0.4, 0.5) is 0 Å². The molecule has 0 atom stereocenters. The molecule has 0 aliphatic heterocycles. The Bertz CT molecular complexity index is 2430. The summed E-state index contributed by atoms with van der Waals surface area (Å²) < 4.78 is 12.2. The molecule has 3 aromatic heterocycles. The van der Waals surface area contributed by atoms with E-state index in [0.29, 0.717) is 0 Å². The molecule has 255 valence electrons. The van der Waals surface area contributed by atoms with Crippen molar-refractivity contribution < 1.29 is 21.5 Å². The average molecular weight is 919 g/mol. The molecule has 0 saturated heterocycles.